The number of amides is 1. The summed E-state index contributed by atoms with van der Waals surface area (Å²) in [5, 5.41) is 4.30. The van der Waals surface area contributed by atoms with E-state index in [1.165, 1.54) is 0 Å². The van der Waals surface area contributed by atoms with E-state index < -0.39 is 0 Å². The van der Waals surface area contributed by atoms with Crippen LogP contribution in [0.4, 0.5) is 0 Å². The molecule has 130 valence electrons. The molecule has 25 heavy (non-hydrogen) atoms. The summed E-state index contributed by atoms with van der Waals surface area (Å²) in [6.45, 7) is 1.45. The van der Waals surface area contributed by atoms with Crippen LogP contribution >= 0.6 is 0 Å². The van der Waals surface area contributed by atoms with Crippen LogP contribution in [0, 0.1) is 0 Å². The zero-order valence-electron chi connectivity index (χ0n) is 14.2. The third-order valence-electron chi connectivity index (χ3n) is 4.99. The second-order valence-electron chi connectivity index (χ2n) is 6.54. The first-order valence-corrected chi connectivity index (χ1v) is 8.56. The molecule has 0 N–H and O–H groups in total. The van der Waals surface area contributed by atoms with Crippen LogP contribution in [0.2, 0.25) is 0 Å². The van der Waals surface area contributed by atoms with Crippen LogP contribution in [0.15, 0.2) is 47.5 Å². The minimum atomic E-state index is -0.157. The second kappa shape index (κ2) is 6.23. The number of aromatic nitrogens is 4. The highest BCUT2D eigenvalue weighted by molar-refractivity contribution is 5.81. The number of para-hydroxylation sites is 2. The number of hydrogen-bond donors (Lipinski definition) is 0. The third-order valence-corrected chi connectivity index (χ3v) is 4.99. The van der Waals surface area contributed by atoms with Gasteiger partial charge in [0.05, 0.1) is 17.1 Å². The van der Waals surface area contributed by atoms with E-state index in [2.05, 4.69) is 5.10 Å². The molecule has 0 spiro atoms. The zero-order chi connectivity index (χ0) is 17.4. The summed E-state index contributed by atoms with van der Waals surface area (Å²) >= 11 is 0. The van der Waals surface area contributed by atoms with Crippen molar-refractivity contribution >= 4 is 16.9 Å². The van der Waals surface area contributed by atoms with Crippen LogP contribution < -0.4 is 5.69 Å². The van der Waals surface area contributed by atoms with Gasteiger partial charge in [-0.2, -0.15) is 5.10 Å². The van der Waals surface area contributed by atoms with Gasteiger partial charge in [-0.05, 0) is 31.0 Å². The van der Waals surface area contributed by atoms with Gasteiger partial charge in [0.25, 0.3) is 0 Å². The van der Waals surface area contributed by atoms with Crippen molar-refractivity contribution < 1.29 is 4.79 Å². The largest absolute Gasteiger partial charge is 0.339 e. The van der Waals surface area contributed by atoms with E-state index in [9.17, 15) is 9.59 Å². The molecule has 7 heteroatoms. The Morgan fingerprint density at radius 1 is 1.24 bits per heavy atom. The van der Waals surface area contributed by atoms with E-state index in [4.69, 9.17) is 0 Å². The maximum absolute atomic E-state index is 12.8. The highest BCUT2D eigenvalue weighted by Crippen LogP contribution is 2.21. The van der Waals surface area contributed by atoms with E-state index in [-0.39, 0.29) is 24.2 Å². The lowest BCUT2D eigenvalue weighted by molar-refractivity contribution is -0.133. The standard InChI is InChI=1S/C18H21N5O2/c1-20-15-7-2-3-8-16(15)22(18(20)25)13-17(24)21-10-4-6-14(12-21)23-11-5-9-19-23/h2-3,5,7-9,11,14H,4,6,10,12-13H2,1H3/t14-/m0/s1. The van der Waals surface area contributed by atoms with E-state index in [0.29, 0.717) is 6.54 Å². The second-order valence-corrected chi connectivity index (χ2v) is 6.54. The molecule has 1 aromatic carbocycles. The Morgan fingerprint density at radius 2 is 2.04 bits per heavy atom. The summed E-state index contributed by atoms with van der Waals surface area (Å²) in [4.78, 5) is 27.2. The van der Waals surface area contributed by atoms with Crippen LogP contribution in [0.3, 0.4) is 0 Å². The van der Waals surface area contributed by atoms with Gasteiger partial charge in [-0.3, -0.25) is 18.6 Å². The molecule has 3 heterocycles. The molecule has 1 aliphatic rings. The highest BCUT2D eigenvalue weighted by atomic mass is 16.2. The molecule has 0 saturated carbocycles. The van der Waals surface area contributed by atoms with Crippen molar-refractivity contribution in [2.24, 2.45) is 7.05 Å². The number of aryl methyl sites for hydroxylation is 1. The Morgan fingerprint density at radius 3 is 2.80 bits per heavy atom. The number of imidazole rings is 1. The number of carbonyl (C=O) groups is 1. The van der Waals surface area contributed by atoms with Crippen molar-refractivity contribution in [1.82, 2.24) is 23.8 Å². The number of fused-ring (bicyclic) bond motifs is 1. The van der Waals surface area contributed by atoms with E-state index in [1.807, 2.05) is 46.1 Å². The van der Waals surface area contributed by atoms with Gasteiger partial charge in [-0.25, -0.2) is 4.79 Å². The minimum Gasteiger partial charge on any atom is -0.339 e. The van der Waals surface area contributed by atoms with Crippen molar-refractivity contribution in [2.75, 3.05) is 13.1 Å². The average molecular weight is 339 g/mol. The summed E-state index contributed by atoms with van der Waals surface area (Å²) < 4.78 is 5.07. The number of hydrogen-bond acceptors (Lipinski definition) is 3. The molecule has 0 radical (unpaired) electrons. The molecule has 1 fully saturated rings. The number of nitrogens with zero attached hydrogens (tertiary/aromatic N) is 5. The first-order valence-electron chi connectivity index (χ1n) is 8.56. The molecule has 7 nitrogen and oxygen atoms in total. The summed E-state index contributed by atoms with van der Waals surface area (Å²) in [5.74, 6) is -0.0182. The lowest BCUT2D eigenvalue weighted by Crippen LogP contribution is -2.43. The van der Waals surface area contributed by atoms with Crippen molar-refractivity contribution in [2.45, 2.75) is 25.4 Å². The molecule has 2 aromatic heterocycles. The number of rotatable bonds is 3. The Bertz CT molecular complexity index is 954. The van der Waals surface area contributed by atoms with Crippen LogP contribution in [0.5, 0.6) is 0 Å². The maximum atomic E-state index is 12.8. The van der Waals surface area contributed by atoms with E-state index in [0.717, 1.165) is 30.4 Å². The van der Waals surface area contributed by atoms with Gasteiger partial charge in [0.2, 0.25) is 5.91 Å². The fraction of sp³-hybridized carbons (Fsp3) is 0.389. The molecule has 1 aliphatic heterocycles. The first kappa shape index (κ1) is 15.7. The lowest BCUT2D eigenvalue weighted by atomic mass is 10.1. The molecular weight excluding hydrogens is 318 g/mol. The van der Waals surface area contributed by atoms with Crippen LogP contribution in [-0.4, -0.2) is 42.8 Å². The summed E-state index contributed by atoms with van der Waals surface area (Å²) in [6.07, 6.45) is 5.66. The summed E-state index contributed by atoms with van der Waals surface area (Å²) in [7, 11) is 1.74. The molecule has 3 aromatic rings. The molecule has 1 amide bonds. The predicted octanol–water partition coefficient (Wildman–Crippen LogP) is 1.40. The Labute approximate surface area is 145 Å². The molecule has 0 bridgehead atoms. The van der Waals surface area contributed by atoms with Crippen molar-refractivity contribution in [1.29, 1.82) is 0 Å². The minimum absolute atomic E-state index is 0.0182. The Hall–Kier alpha value is -2.83. The van der Waals surface area contributed by atoms with Crippen molar-refractivity contribution in [3.63, 3.8) is 0 Å². The lowest BCUT2D eigenvalue weighted by Gasteiger charge is -2.33. The fourth-order valence-electron chi connectivity index (χ4n) is 3.65. The van der Waals surface area contributed by atoms with Crippen LogP contribution in [-0.2, 0) is 18.4 Å². The SMILES string of the molecule is Cn1c(=O)n(CC(=O)N2CCC[C@H](n3cccn3)C2)c2ccccc21. The predicted molar refractivity (Wildman–Crippen MR) is 94.3 cm³/mol. The zero-order valence-corrected chi connectivity index (χ0v) is 14.2. The van der Waals surface area contributed by atoms with E-state index >= 15 is 0 Å². The monoisotopic (exact) mass is 339 g/mol. The molecule has 0 unspecified atom stereocenters. The summed E-state index contributed by atoms with van der Waals surface area (Å²) in [6, 6.07) is 9.66. The summed E-state index contributed by atoms with van der Waals surface area (Å²) in [5.41, 5.74) is 1.48. The van der Waals surface area contributed by atoms with Gasteiger partial charge < -0.3 is 4.90 Å². The molecule has 4 rings (SSSR count). The highest BCUT2D eigenvalue weighted by Gasteiger charge is 2.26. The van der Waals surface area contributed by atoms with Crippen LogP contribution in [0.25, 0.3) is 11.0 Å². The van der Waals surface area contributed by atoms with Gasteiger partial charge in [0.1, 0.15) is 6.54 Å². The third kappa shape index (κ3) is 2.75. The fourth-order valence-corrected chi connectivity index (χ4v) is 3.65. The maximum Gasteiger partial charge on any atom is 0.329 e. The number of carbonyl (C=O) groups excluding carboxylic acids is 1. The van der Waals surface area contributed by atoms with Gasteiger partial charge in [-0.1, -0.05) is 12.1 Å². The molecule has 1 atom stereocenters. The first-order chi connectivity index (χ1) is 12.1. The Kier molecular flexibility index (Phi) is 3.91. The average Bonchev–Trinajstić information content (AvgIpc) is 3.26. The number of piperidine rings is 1. The smallest absolute Gasteiger partial charge is 0.329 e. The van der Waals surface area contributed by atoms with Gasteiger partial charge >= 0.3 is 5.69 Å². The van der Waals surface area contributed by atoms with Gasteiger partial charge in [0.15, 0.2) is 0 Å². The van der Waals surface area contributed by atoms with Crippen LogP contribution in [0.1, 0.15) is 18.9 Å². The van der Waals surface area contributed by atoms with Crippen molar-refractivity contribution in [3.05, 3.63) is 53.2 Å². The number of likely N-dealkylation sites (tertiary alicyclic amines) is 1. The molecule has 0 aliphatic carbocycles. The van der Waals surface area contributed by atoms with Gasteiger partial charge in [-0.15, -0.1) is 0 Å². The Balaban J connectivity index is 1.56. The normalized spacial score (nSPS) is 18.0. The topological polar surface area (TPSA) is 65.1 Å². The quantitative estimate of drug-likeness (QED) is 0.724. The van der Waals surface area contributed by atoms with Gasteiger partial charge in [0, 0.05) is 32.5 Å². The van der Waals surface area contributed by atoms with E-state index in [1.54, 1.807) is 22.4 Å². The molecular formula is C18H21N5O2. The molecule has 1 saturated heterocycles. The van der Waals surface area contributed by atoms with Crippen molar-refractivity contribution in [3.8, 4) is 0 Å². The number of benzene rings is 1.